The standard InChI is InChI=1S/C7H10ClNS/c1-4-7(10-3)5-9-6(2)8/h4-5H,2H2,1,3H3/b7-4+,9-5-. The molecule has 0 aromatic heterocycles. The van der Waals surface area contributed by atoms with Gasteiger partial charge in [0.1, 0.15) is 5.16 Å². The third-order valence-electron chi connectivity index (χ3n) is 0.852. The predicted octanol–water partition coefficient (Wildman–Crippen LogP) is 3.03. The molecule has 0 saturated carbocycles. The minimum atomic E-state index is 0.313. The molecule has 10 heavy (non-hydrogen) atoms. The van der Waals surface area contributed by atoms with E-state index in [1.54, 1.807) is 18.0 Å². The Hall–Kier alpha value is -0.210. The summed E-state index contributed by atoms with van der Waals surface area (Å²) in [6, 6.07) is 0. The van der Waals surface area contributed by atoms with Gasteiger partial charge in [0.15, 0.2) is 0 Å². The van der Waals surface area contributed by atoms with E-state index in [4.69, 9.17) is 11.6 Å². The topological polar surface area (TPSA) is 12.4 Å². The lowest BCUT2D eigenvalue weighted by atomic mass is 10.5. The van der Waals surface area contributed by atoms with Gasteiger partial charge in [0.2, 0.25) is 0 Å². The van der Waals surface area contributed by atoms with E-state index in [9.17, 15) is 0 Å². The smallest absolute Gasteiger partial charge is 0.121 e. The lowest BCUT2D eigenvalue weighted by molar-refractivity contribution is 1.56. The number of hydrogen-bond acceptors (Lipinski definition) is 2. The fourth-order valence-corrected chi connectivity index (χ4v) is 0.821. The summed E-state index contributed by atoms with van der Waals surface area (Å²) in [5.41, 5.74) is 0. The first-order valence-corrected chi connectivity index (χ1v) is 4.39. The quantitative estimate of drug-likeness (QED) is 0.475. The van der Waals surface area contributed by atoms with Crippen molar-refractivity contribution in [1.82, 2.24) is 0 Å². The predicted molar refractivity (Wildman–Crippen MR) is 50.8 cm³/mol. The van der Waals surface area contributed by atoms with Crippen molar-refractivity contribution in [2.24, 2.45) is 4.99 Å². The van der Waals surface area contributed by atoms with Crippen LogP contribution in [0.5, 0.6) is 0 Å². The maximum atomic E-state index is 5.41. The Morgan fingerprint density at radius 2 is 2.30 bits per heavy atom. The summed E-state index contributed by atoms with van der Waals surface area (Å²) in [7, 11) is 0. The van der Waals surface area contributed by atoms with Crippen LogP contribution in [0.15, 0.2) is 27.7 Å². The summed E-state index contributed by atoms with van der Waals surface area (Å²) >= 11 is 7.03. The molecule has 0 rings (SSSR count). The van der Waals surface area contributed by atoms with E-state index < -0.39 is 0 Å². The van der Waals surface area contributed by atoms with Crippen molar-refractivity contribution in [2.75, 3.05) is 6.26 Å². The number of thioether (sulfide) groups is 1. The summed E-state index contributed by atoms with van der Waals surface area (Å²) in [5.74, 6) is 0. The fraction of sp³-hybridized carbons (Fsp3) is 0.286. The normalized spacial score (nSPS) is 12.5. The largest absolute Gasteiger partial charge is 0.244 e. The van der Waals surface area contributed by atoms with E-state index in [1.807, 2.05) is 19.3 Å². The van der Waals surface area contributed by atoms with Crippen molar-refractivity contribution in [3.05, 3.63) is 22.7 Å². The highest BCUT2D eigenvalue weighted by Gasteiger charge is 1.85. The monoisotopic (exact) mass is 175 g/mol. The minimum absolute atomic E-state index is 0.313. The molecule has 1 nitrogen and oxygen atoms in total. The minimum Gasteiger partial charge on any atom is -0.244 e. The molecule has 0 radical (unpaired) electrons. The number of hydrogen-bond donors (Lipinski definition) is 0. The van der Waals surface area contributed by atoms with Gasteiger partial charge in [-0.05, 0) is 13.2 Å². The lowest BCUT2D eigenvalue weighted by Crippen LogP contribution is -1.75. The second kappa shape index (κ2) is 5.57. The molecule has 0 amide bonds. The molecule has 3 heteroatoms. The number of halogens is 1. The molecule has 0 aliphatic heterocycles. The highest BCUT2D eigenvalue weighted by Crippen LogP contribution is 2.09. The molecule has 0 fully saturated rings. The van der Waals surface area contributed by atoms with Crippen molar-refractivity contribution in [1.29, 1.82) is 0 Å². The first kappa shape index (κ1) is 9.79. The molecule has 0 saturated heterocycles. The maximum Gasteiger partial charge on any atom is 0.121 e. The van der Waals surface area contributed by atoms with E-state index in [0.29, 0.717) is 5.16 Å². The SMILES string of the molecule is C=C(Cl)/N=C\C(=C/C)SC. The molecule has 0 N–H and O–H groups in total. The van der Waals surface area contributed by atoms with E-state index in [0.717, 1.165) is 4.91 Å². The third kappa shape index (κ3) is 4.65. The average Bonchev–Trinajstić information content (AvgIpc) is 1.90. The molecule has 56 valence electrons. The molecular formula is C7H10ClNS. The second-order valence-electron chi connectivity index (χ2n) is 1.53. The van der Waals surface area contributed by atoms with Crippen LogP contribution in [0.2, 0.25) is 0 Å². The van der Waals surface area contributed by atoms with Crippen LogP contribution in [-0.4, -0.2) is 12.5 Å². The van der Waals surface area contributed by atoms with Gasteiger partial charge in [0.05, 0.1) is 0 Å². The van der Waals surface area contributed by atoms with Crippen LogP contribution in [0.1, 0.15) is 6.92 Å². The Kier molecular flexibility index (Phi) is 5.45. The van der Waals surface area contributed by atoms with Crippen LogP contribution >= 0.6 is 23.4 Å². The Morgan fingerprint density at radius 1 is 1.70 bits per heavy atom. The van der Waals surface area contributed by atoms with Crippen molar-refractivity contribution < 1.29 is 0 Å². The Labute approximate surface area is 70.9 Å². The van der Waals surface area contributed by atoms with Gasteiger partial charge in [-0.15, -0.1) is 11.8 Å². The van der Waals surface area contributed by atoms with Crippen LogP contribution in [-0.2, 0) is 0 Å². The number of aliphatic imine (C=N–C) groups is 1. The first-order valence-electron chi connectivity index (χ1n) is 2.79. The van der Waals surface area contributed by atoms with Crippen molar-refractivity contribution in [3.8, 4) is 0 Å². The summed E-state index contributed by atoms with van der Waals surface area (Å²) in [6.45, 7) is 5.38. The van der Waals surface area contributed by atoms with Crippen molar-refractivity contribution >= 4 is 29.6 Å². The second-order valence-corrected chi connectivity index (χ2v) is 2.85. The molecule has 0 aromatic carbocycles. The van der Waals surface area contributed by atoms with E-state index in [1.165, 1.54) is 0 Å². The molecule has 0 bridgehead atoms. The van der Waals surface area contributed by atoms with Crippen LogP contribution in [0.4, 0.5) is 0 Å². The first-order chi connectivity index (χ1) is 4.70. The summed E-state index contributed by atoms with van der Waals surface area (Å²) in [4.78, 5) is 4.91. The number of allylic oxidation sites excluding steroid dienone is 2. The molecule has 0 atom stereocenters. The van der Waals surface area contributed by atoms with Gasteiger partial charge in [0, 0.05) is 11.1 Å². The fourth-order valence-electron chi connectivity index (χ4n) is 0.379. The number of nitrogens with zero attached hydrogens (tertiary/aromatic N) is 1. The van der Waals surface area contributed by atoms with Crippen LogP contribution in [0.3, 0.4) is 0 Å². The Balaban J connectivity index is 3.98. The zero-order valence-electron chi connectivity index (χ0n) is 6.10. The zero-order chi connectivity index (χ0) is 7.98. The molecule has 0 unspecified atom stereocenters. The number of rotatable bonds is 3. The van der Waals surface area contributed by atoms with Gasteiger partial charge in [-0.2, -0.15) is 0 Å². The van der Waals surface area contributed by atoms with Gasteiger partial charge < -0.3 is 0 Å². The third-order valence-corrected chi connectivity index (χ3v) is 1.76. The maximum absolute atomic E-state index is 5.41. The van der Waals surface area contributed by atoms with E-state index >= 15 is 0 Å². The molecule has 0 aliphatic carbocycles. The highest BCUT2D eigenvalue weighted by molar-refractivity contribution is 8.03. The van der Waals surface area contributed by atoms with Gasteiger partial charge in [-0.25, -0.2) is 4.99 Å². The summed E-state index contributed by atoms with van der Waals surface area (Å²) in [6.07, 6.45) is 5.65. The van der Waals surface area contributed by atoms with Gasteiger partial charge >= 0.3 is 0 Å². The molecule has 0 aliphatic rings. The lowest BCUT2D eigenvalue weighted by Gasteiger charge is -1.90. The van der Waals surface area contributed by atoms with Gasteiger partial charge in [-0.3, -0.25) is 0 Å². The van der Waals surface area contributed by atoms with Gasteiger partial charge in [-0.1, -0.05) is 24.3 Å². The van der Waals surface area contributed by atoms with Crippen molar-refractivity contribution in [2.45, 2.75) is 6.92 Å². The Bertz CT molecular complexity index is 172. The van der Waals surface area contributed by atoms with Crippen LogP contribution < -0.4 is 0 Å². The summed E-state index contributed by atoms with van der Waals surface area (Å²) in [5, 5.41) is 0.313. The van der Waals surface area contributed by atoms with E-state index in [-0.39, 0.29) is 0 Å². The van der Waals surface area contributed by atoms with Crippen molar-refractivity contribution in [3.63, 3.8) is 0 Å². The average molecular weight is 176 g/mol. The highest BCUT2D eigenvalue weighted by atomic mass is 35.5. The van der Waals surface area contributed by atoms with Crippen LogP contribution in [0.25, 0.3) is 0 Å². The summed E-state index contributed by atoms with van der Waals surface area (Å²) < 4.78 is 0. The molecule has 0 spiro atoms. The molecule has 0 heterocycles. The van der Waals surface area contributed by atoms with Crippen LogP contribution in [0, 0.1) is 0 Å². The zero-order valence-corrected chi connectivity index (χ0v) is 7.67. The Morgan fingerprint density at radius 3 is 2.60 bits per heavy atom. The van der Waals surface area contributed by atoms with Gasteiger partial charge in [0.25, 0.3) is 0 Å². The van der Waals surface area contributed by atoms with E-state index in [2.05, 4.69) is 11.6 Å². The molecular weight excluding hydrogens is 166 g/mol. The molecule has 0 aromatic rings.